The molecule has 0 aliphatic carbocycles. The number of hydrogen-bond acceptors (Lipinski definition) is 7. The Balaban J connectivity index is 3.24. The number of carbonyl (C=O) groups excluding carboxylic acids is 1. The van der Waals surface area contributed by atoms with E-state index in [2.05, 4.69) is 14.8 Å². The van der Waals surface area contributed by atoms with Gasteiger partial charge in [0.2, 0.25) is 11.6 Å². The van der Waals surface area contributed by atoms with Crippen LogP contribution < -0.4 is 11.3 Å². The summed E-state index contributed by atoms with van der Waals surface area (Å²) in [6, 6.07) is 0. The number of nitrogens with two attached hydrogens (primary N) is 1. The van der Waals surface area contributed by atoms with Crippen LogP contribution in [-0.4, -0.2) is 33.7 Å². The summed E-state index contributed by atoms with van der Waals surface area (Å²) in [7, 11) is 0. The highest BCUT2D eigenvalue weighted by Gasteiger charge is 2.16. The average molecular weight is 211 g/mol. The van der Waals surface area contributed by atoms with E-state index in [1.54, 1.807) is 6.92 Å². The minimum atomic E-state index is -0.884. The Kier molecular flexibility index (Phi) is 3.11. The van der Waals surface area contributed by atoms with E-state index in [4.69, 9.17) is 11.1 Å². The fourth-order valence-electron chi connectivity index (χ4n) is 0.833. The molecule has 0 aromatic carbocycles. The maximum absolute atomic E-state index is 11.2. The number of carbonyl (C=O) groups is 1. The van der Waals surface area contributed by atoms with Gasteiger partial charge in [-0.25, -0.2) is 4.79 Å². The first-order chi connectivity index (χ1) is 7.10. The monoisotopic (exact) mass is 211 g/mol. The number of nitrogens with zero attached hydrogens (tertiary/aromatic N) is 3. The number of nitrogens with one attached hydrogen (secondary N) is 1. The third-order valence-electron chi connectivity index (χ3n) is 1.45. The van der Waals surface area contributed by atoms with Crippen molar-refractivity contribution in [2.75, 3.05) is 12.3 Å². The number of aromatic nitrogens is 3. The summed E-state index contributed by atoms with van der Waals surface area (Å²) in [6.07, 6.45) is 0.727. The molecule has 0 saturated carbocycles. The molecule has 1 rings (SSSR count). The van der Waals surface area contributed by atoms with E-state index in [1.807, 2.05) is 0 Å². The molecule has 0 aliphatic heterocycles. The molecule has 8 nitrogen and oxygen atoms in total. The fraction of sp³-hybridized carbons (Fsp3) is 0.286. The molecule has 1 aromatic heterocycles. The van der Waals surface area contributed by atoms with E-state index in [0.717, 1.165) is 11.0 Å². The fourth-order valence-corrected chi connectivity index (χ4v) is 0.833. The lowest BCUT2D eigenvalue weighted by Crippen LogP contribution is -2.28. The van der Waals surface area contributed by atoms with Crippen LogP contribution in [0.15, 0.2) is 4.79 Å². The normalized spacial score (nSPS) is 9.67. The zero-order valence-electron chi connectivity index (χ0n) is 7.93. The second kappa shape index (κ2) is 4.31. The largest absolute Gasteiger partial charge is 0.461 e. The Bertz CT molecular complexity index is 452. The molecular formula is C7H9N5O3. The smallest absolute Gasteiger partial charge is 0.364 e. The van der Waals surface area contributed by atoms with Gasteiger partial charge in [-0.05, 0) is 6.92 Å². The molecule has 0 atom stereocenters. The van der Waals surface area contributed by atoms with Crippen molar-refractivity contribution < 1.29 is 9.53 Å². The van der Waals surface area contributed by atoms with Crippen LogP contribution in [0.5, 0.6) is 0 Å². The van der Waals surface area contributed by atoms with Gasteiger partial charge < -0.3 is 10.5 Å². The van der Waals surface area contributed by atoms with Crippen LogP contribution in [0.4, 0.5) is 5.95 Å². The van der Waals surface area contributed by atoms with Crippen molar-refractivity contribution in [3.63, 3.8) is 0 Å². The summed E-state index contributed by atoms with van der Waals surface area (Å²) in [6.45, 7) is 1.71. The summed E-state index contributed by atoms with van der Waals surface area (Å²) in [5.41, 5.74) is 3.90. The molecule has 3 N–H and O–H groups in total. The van der Waals surface area contributed by atoms with Gasteiger partial charge in [0.15, 0.2) is 0 Å². The molecule has 0 bridgehead atoms. The predicted molar refractivity (Wildman–Crippen MR) is 50.8 cm³/mol. The van der Waals surface area contributed by atoms with Crippen LogP contribution >= 0.6 is 0 Å². The summed E-state index contributed by atoms with van der Waals surface area (Å²) in [4.78, 5) is 25.7. The molecule has 0 aliphatic rings. The SMILES string of the molecule is CCOC(=O)c1nn(C=N)c(N)nc1=O. The predicted octanol–water partition coefficient (Wildman–Crippen LogP) is -1.15. The second-order valence-corrected chi connectivity index (χ2v) is 2.42. The lowest BCUT2D eigenvalue weighted by molar-refractivity contribution is 0.0515. The number of nitrogen functional groups attached to an aromatic ring is 1. The molecule has 0 unspecified atom stereocenters. The standard InChI is InChI=1S/C7H9N5O3/c1-2-15-6(14)4-5(13)10-7(9)12(3-8)11-4/h3,8H,2H2,1H3,(H2,9,10,13). The molecule has 15 heavy (non-hydrogen) atoms. The number of hydrogen-bond donors (Lipinski definition) is 2. The Hall–Kier alpha value is -2.25. The Morgan fingerprint density at radius 2 is 2.40 bits per heavy atom. The van der Waals surface area contributed by atoms with Gasteiger partial charge in [0.05, 0.1) is 6.61 Å². The van der Waals surface area contributed by atoms with Gasteiger partial charge in [-0.1, -0.05) is 0 Å². The van der Waals surface area contributed by atoms with E-state index >= 15 is 0 Å². The van der Waals surface area contributed by atoms with Gasteiger partial charge in [0.25, 0.3) is 0 Å². The minimum absolute atomic E-state index is 0.120. The van der Waals surface area contributed by atoms with Crippen molar-refractivity contribution in [3.05, 3.63) is 16.0 Å². The van der Waals surface area contributed by atoms with Crippen LogP contribution in [-0.2, 0) is 4.74 Å². The molecule has 0 spiro atoms. The minimum Gasteiger partial charge on any atom is -0.461 e. The van der Waals surface area contributed by atoms with Gasteiger partial charge in [-0.15, -0.1) is 0 Å². The lowest BCUT2D eigenvalue weighted by Gasteiger charge is -2.03. The number of anilines is 1. The van der Waals surface area contributed by atoms with Gasteiger partial charge in [-0.2, -0.15) is 14.8 Å². The van der Waals surface area contributed by atoms with Crippen LogP contribution in [0.25, 0.3) is 0 Å². The highest BCUT2D eigenvalue weighted by molar-refractivity contribution is 5.86. The van der Waals surface area contributed by atoms with E-state index in [-0.39, 0.29) is 12.6 Å². The Morgan fingerprint density at radius 1 is 1.73 bits per heavy atom. The third-order valence-corrected chi connectivity index (χ3v) is 1.45. The first-order valence-electron chi connectivity index (χ1n) is 4.04. The van der Waals surface area contributed by atoms with Gasteiger partial charge in [0, 0.05) is 0 Å². The first-order valence-corrected chi connectivity index (χ1v) is 4.04. The molecule has 1 heterocycles. The van der Waals surface area contributed by atoms with Crippen molar-refractivity contribution in [2.45, 2.75) is 6.92 Å². The van der Waals surface area contributed by atoms with Crippen LogP contribution in [0.2, 0.25) is 0 Å². The summed E-state index contributed by atoms with van der Waals surface area (Å²) >= 11 is 0. The number of ether oxygens (including phenoxy) is 1. The zero-order chi connectivity index (χ0) is 11.4. The third kappa shape index (κ3) is 2.16. The van der Waals surface area contributed by atoms with Crippen molar-refractivity contribution in [2.24, 2.45) is 0 Å². The van der Waals surface area contributed by atoms with E-state index < -0.39 is 17.2 Å². The van der Waals surface area contributed by atoms with E-state index in [9.17, 15) is 9.59 Å². The summed E-state index contributed by atoms with van der Waals surface area (Å²) in [5, 5.41) is 10.4. The number of esters is 1. The van der Waals surface area contributed by atoms with Crippen LogP contribution in [0, 0.1) is 5.41 Å². The average Bonchev–Trinajstić information content (AvgIpc) is 2.18. The quantitative estimate of drug-likeness (QED) is 0.369. The Morgan fingerprint density at radius 3 is 2.93 bits per heavy atom. The second-order valence-electron chi connectivity index (χ2n) is 2.42. The zero-order valence-corrected chi connectivity index (χ0v) is 7.93. The van der Waals surface area contributed by atoms with Gasteiger partial charge >= 0.3 is 11.5 Å². The molecule has 8 heteroatoms. The van der Waals surface area contributed by atoms with E-state index in [1.165, 1.54) is 0 Å². The topological polar surface area (TPSA) is 124 Å². The van der Waals surface area contributed by atoms with Crippen LogP contribution in [0.3, 0.4) is 0 Å². The molecule has 0 amide bonds. The Labute approximate surface area is 84.2 Å². The number of rotatable bonds is 3. The lowest BCUT2D eigenvalue weighted by atomic mass is 10.5. The molecule has 1 aromatic rings. The van der Waals surface area contributed by atoms with Gasteiger partial charge in [-0.3, -0.25) is 10.2 Å². The maximum Gasteiger partial charge on any atom is 0.364 e. The van der Waals surface area contributed by atoms with E-state index in [0.29, 0.717) is 0 Å². The van der Waals surface area contributed by atoms with Gasteiger partial charge in [0.1, 0.15) is 6.34 Å². The maximum atomic E-state index is 11.2. The molecule has 0 radical (unpaired) electrons. The van der Waals surface area contributed by atoms with Crippen molar-refractivity contribution >= 4 is 18.3 Å². The molecule has 0 fully saturated rings. The molecular weight excluding hydrogens is 202 g/mol. The van der Waals surface area contributed by atoms with Crippen molar-refractivity contribution in [3.8, 4) is 0 Å². The van der Waals surface area contributed by atoms with Crippen molar-refractivity contribution in [1.82, 2.24) is 14.8 Å². The molecule has 80 valence electrons. The van der Waals surface area contributed by atoms with Crippen molar-refractivity contribution in [1.29, 1.82) is 5.41 Å². The molecule has 0 saturated heterocycles. The highest BCUT2D eigenvalue weighted by atomic mass is 16.5. The summed E-state index contributed by atoms with van der Waals surface area (Å²) < 4.78 is 5.38. The first kappa shape index (κ1) is 10.8. The van der Waals surface area contributed by atoms with Crippen LogP contribution in [0.1, 0.15) is 17.4 Å². The summed E-state index contributed by atoms with van der Waals surface area (Å²) in [5.74, 6) is -1.14. The highest BCUT2D eigenvalue weighted by Crippen LogP contribution is 1.93.